The van der Waals surface area contributed by atoms with Gasteiger partial charge in [-0.05, 0) is 23.6 Å². The van der Waals surface area contributed by atoms with E-state index in [2.05, 4.69) is 0 Å². The molecule has 2 aromatic rings. The molecule has 1 aliphatic rings. The number of hydrogen-bond acceptors (Lipinski definition) is 6. The summed E-state index contributed by atoms with van der Waals surface area (Å²) in [6.45, 7) is 0. The number of carboxylic acids is 1. The largest absolute Gasteiger partial charge is 0.478 e. The molecule has 0 bridgehead atoms. The average molecular weight is 437 g/mol. The first-order valence-electron chi connectivity index (χ1n) is 7.75. The molecule has 0 atom stereocenters. The summed E-state index contributed by atoms with van der Waals surface area (Å²) in [5, 5.41) is 9.93. The van der Waals surface area contributed by atoms with Crippen LogP contribution < -0.4 is 10.6 Å². The molecule has 1 aliphatic heterocycles. The zero-order valence-electron chi connectivity index (χ0n) is 14.2. The van der Waals surface area contributed by atoms with E-state index in [1.807, 2.05) is 0 Å². The Hall–Kier alpha value is -3.50. The monoisotopic (exact) mass is 436 g/mol. The number of carboxylic acid groups (broad SMARTS) is 1. The van der Waals surface area contributed by atoms with E-state index in [1.165, 1.54) is 6.07 Å². The molecule has 148 valence electrons. The fourth-order valence-corrected chi connectivity index (χ4v) is 3.47. The van der Waals surface area contributed by atoms with Gasteiger partial charge in [-0.15, -0.1) is 11.3 Å². The summed E-state index contributed by atoms with van der Waals surface area (Å²) in [4.78, 5) is 48.3. The first kappa shape index (κ1) is 20.2. The predicted molar refractivity (Wildman–Crippen MR) is 102 cm³/mol. The highest BCUT2D eigenvalue weighted by Gasteiger charge is 2.40. The average Bonchev–Trinajstić information content (AvgIpc) is 3.25. The van der Waals surface area contributed by atoms with E-state index in [0.29, 0.717) is 21.9 Å². The highest BCUT2D eigenvalue weighted by molar-refractivity contribution is 7.11. The maximum absolute atomic E-state index is 14.1. The molecule has 2 heterocycles. The molecule has 0 fully saturated rings. The number of carbonyl (C=O) groups is 4. The molecule has 3 rings (SSSR count). The molecule has 0 saturated heterocycles. The van der Waals surface area contributed by atoms with Gasteiger partial charge in [0.1, 0.15) is 5.82 Å². The number of nitrogens with two attached hydrogens (primary N) is 1. The standard InChI is InChI=1S/C18H10ClFN2O6S/c19-9-7-11-8(6-10(9)20)15(17(26)22(11)18(21)27)16(12-2-1-5-29-12)28-14(25)4-3-13(23)24/h1-7H,(H2,21,27)(H,23,24). The Morgan fingerprint density at radius 1 is 1.28 bits per heavy atom. The maximum atomic E-state index is 14.1. The molecule has 11 heteroatoms. The van der Waals surface area contributed by atoms with Gasteiger partial charge in [0.05, 0.1) is 21.2 Å². The second kappa shape index (κ2) is 7.86. The Labute approximate surface area is 171 Å². The van der Waals surface area contributed by atoms with E-state index in [1.54, 1.807) is 11.4 Å². The van der Waals surface area contributed by atoms with Crippen LogP contribution in [0.15, 0.2) is 41.8 Å². The number of amides is 3. The van der Waals surface area contributed by atoms with Crippen LogP contribution in [0.1, 0.15) is 10.4 Å². The molecule has 0 spiro atoms. The number of fused-ring (bicyclic) bond motifs is 1. The first-order valence-corrected chi connectivity index (χ1v) is 9.00. The number of benzene rings is 1. The molecule has 0 radical (unpaired) electrons. The third-order valence-corrected chi connectivity index (χ3v) is 4.88. The summed E-state index contributed by atoms with van der Waals surface area (Å²) in [7, 11) is 0. The van der Waals surface area contributed by atoms with E-state index in [-0.39, 0.29) is 27.6 Å². The molecule has 1 aromatic heterocycles. The molecule has 1 aromatic carbocycles. The summed E-state index contributed by atoms with van der Waals surface area (Å²) in [6, 6.07) is 3.96. The molecular weight excluding hydrogens is 427 g/mol. The third-order valence-electron chi connectivity index (χ3n) is 3.72. The van der Waals surface area contributed by atoms with Crippen LogP contribution in [-0.2, 0) is 19.1 Å². The number of carbonyl (C=O) groups excluding carboxylic acids is 3. The van der Waals surface area contributed by atoms with E-state index in [9.17, 15) is 23.6 Å². The summed E-state index contributed by atoms with van der Waals surface area (Å²) in [5.41, 5.74) is 4.85. The van der Waals surface area contributed by atoms with Gasteiger partial charge >= 0.3 is 18.0 Å². The zero-order chi connectivity index (χ0) is 21.3. The Morgan fingerprint density at radius 3 is 2.59 bits per heavy atom. The molecule has 3 amide bonds. The van der Waals surface area contributed by atoms with Gasteiger partial charge in [0.15, 0.2) is 5.76 Å². The molecule has 3 N–H and O–H groups in total. The molecule has 8 nitrogen and oxygen atoms in total. The SMILES string of the molecule is NC(=O)N1C(=O)C(=C(OC(=O)C=CC(=O)O)c2cccs2)c2cc(F)c(Cl)cc21. The van der Waals surface area contributed by atoms with Crippen molar-refractivity contribution >= 4 is 63.8 Å². The number of imide groups is 1. The number of primary amides is 1. The Morgan fingerprint density at radius 2 is 2.00 bits per heavy atom. The van der Waals surface area contributed by atoms with Gasteiger partial charge in [-0.3, -0.25) is 4.79 Å². The van der Waals surface area contributed by atoms with E-state index in [0.717, 1.165) is 23.5 Å². The van der Waals surface area contributed by atoms with Crippen molar-refractivity contribution in [2.45, 2.75) is 0 Å². The van der Waals surface area contributed by atoms with Crippen LogP contribution in [0, 0.1) is 5.82 Å². The second-order valence-electron chi connectivity index (χ2n) is 5.54. The normalized spacial score (nSPS) is 14.8. The highest BCUT2D eigenvalue weighted by Crippen LogP contribution is 2.43. The zero-order valence-corrected chi connectivity index (χ0v) is 15.8. The van der Waals surface area contributed by atoms with Gasteiger partial charge in [0.2, 0.25) is 0 Å². The van der Waals surface area contributed by atoms with Crippen LogP contribution in [-0.4, -0.2) is 29.0 Å². The first-order chi connectivity index (χ1) is 13.7. The molecule has 0 saturated carbocycles. The second-order valence-corrected chi connectivity index (χ2v) is 6.89. The Bertz CT molecular complexity index is 1110. The van der Waals surface area contributed by atoms with E-state index in [4.69, 9.17) is 27.2 Å². The van der Waals surface area contributed by atoms with Gasteiger partial charge in [-0.2, -0.15) is 0 Å². The number of nitrogens with zero attached hydrogens (tertiary/aromatic N) is 1. The van der Waals surface area contributed by atoms with Crippen molar-refractivity contribution in [2.75, 3.05) is 4.90 Å². The molecule has 0 unspecified atom stereocenters. The number of aliphatic carboxylic acids is 1. The van der Waals surface area contributed by atoms with Crippen molar-refractivity contribution in [3.05, 3.63) is 63.1 Å². The van der Waals surface area contributed by atoms with Gasteiger partial charge in [0.25, 0.3) is 5.91 Å². The van der Waals surface area contributed by atoms with E-state index >= 15 is 0 Å². The number of anilines is 1. The van der Waals surface area contributed by atoms with Gasteiger partial charge in [0, 0.05) is 17.7 Å². The lowest BCUT2D eigenvalue weighted by molar-refractivity contribution is -0.134. The predicted octanol–water partition coefficient (Wildman–Crippen LogP) is 3.02. The molecule has 29 heavy (non-hydrogen) atoms. The number of rotatable bonds is 4. The van der Waals surface area contributed by atoms with Crippen LogP contribution in [0.5, 0.6) is 0 Å². The van der Waals surface area contributed by atoms with Gasteiger partial charge in [-0.25, -0.2) is 23.7 Å². The lowest BCUT2D eigenvalue weighted by atomic mass is 10.0. The Balaban J connectivity index is 2.24. The van der Waals surface area contributed by atoms with Crippen molar-refractivity contribution < 1.29 is 33.4 Å². The minimum Gasteiger partial charge on any atom is -0.478 e. The summed E-state index contributed by atoms with van der Waals surface area (Å²) in [5.74, 6) is -4.58. The number of esters is 1. The number of ether oxygens (including phenoxy) is 1. The van der Waals surface area contributed by atoms with E-state index < -0.39 is 29.7 Å². The van der Waals surface area contributed by atoms with Crippen LogP contribution in [0.2, 0.25) is 5.02 Å². The topological polar surface area (TPSA) is 127 Å². The third kappa shape index (κ3) is 3.89. The minimum atomic E-state index is -1.38. The van der Waals surface area contributed by atoms with Crippen LogP contribution in [0.25, 0.3) is 11.3 Å². The fraction of sp³-hybridized carbons (Fsp3) is 0. The maximum Gasteiger partial charge on any atom is 0.336 e. The van der Waals surface area contributed by atoms with Crippen molar-refractivity contribution in [1.82, 2.24) is 0 Å². The number of halogens is 2. The molecular formula is C18H10ClFN2O6S. The quantitative estimate of drug-likeness (QED) is 0.431. The lowest BCUT2D eigenvalue weighted by Gasteiger charge is -2.12. The summed E-state index contributed by atoms with van der Waals surface area (Å²) >= 11 is 6.86. The fourth-order valence-electron chi connectivity index (χ4n) is 2.60. The van der Waals surface area contributed by atoms with Crippen LogP contribution >= 0.6 is 22.9 Å². The number of urea groups is 1. The summed E-state index contributed by atoms with van der Waals surface area (Å²) < 4.78 is 19.3. The lowest BCUT2D eigenvalue weighted by Crippen LogP contribution is -2.38. The van der Waals surface area contributed by atoms with Crippen LogP contribution in [0.4, 0.5) is 14.9 Å². The van der Waals surface area contributed by atoms with Crippen molar-refractivity contribution in [3.63, 3.8) is 0 Å². The van der Waals surface area contributed by atoms with Crippen molar-refractivity contribution in [1.29, 1.82) is 0 Å². The van der Waals surface area contributed by atoms with Gasteiger partial charge < -0.3 is 15.6 Å². The van der Waals surface area contributed by atoms with Gasteiger partial charge in [-0.1, -0.05) is 17.7 Å². The highest BCUT2D eigenvalue weighted by atomic mass is 35.5. The smallest absolute Gasteiger partial charge is 0.336 e. The Kier molecular flexibility index (Phi) is 5.48. The minimum absolute atomic E-state index is 0.0610. The summed E-state index contributed by atoms with van der Waals surface area (Å²) in [6.07, 6.45) is 1.20. The molecule has 0 aliphatic carbocycles. The number of thiophene rings is 1. The van der Waals surface area contributed by atoms with Crippen molar-refractivity contribution in [3.8, 4) is 0 Å². The van der Waals surface area contributed by atoms with Crippen LogP contribution in [0.3, 0.4) is 0 Å². The van der Waals surface area contributed by atoms with Crippen molar-refractivity contribution in [2.24, 2.45) is 5.73 Å². The number of hydrogen-bond donors (Lipinski definition) is 2.